The summed E-state index contributed by atoms with van der Waals surface area (Å²) in [7, 11) is 0. The van der Waals surface area contributed by atoms with Gasteiger partial charge in [-0.25, -0.2) is 0 Å². The summed E-state index contributed by atoms with van der Waals surface area (Å²) in [6.07, 6.45) is 0.629. The summed E-state index contributed by atoms with van der Waals surface area (Å²) in [6, 6.07) is -0.899. The maximum absolute atomic E-state index is 10.8. The number of hydrogen-bond acceptors (Lipinski definition) is 4. The van der Waals surface area contributed by atoms with E-state index in [2.05, 4.69) is 0 Å². The highest BCUT2D eigenvalue weighted by atomic mass is 16.5. The summed E-state index contributed by atoms with van der Waals surface area (Å²) in [4.78, 5) is 10.8. The fourth-order valence-corrected chi connectivity index (χ4v) is 0.444. The molecule has 0 aromatic rings. The van der Waals surface area contributed by atoms with Crippen LogP contribution in [0.5, 0.6) is 0 Å². The molecule has 3 N–H and O–H groups in total. The molecule has 0 aromatic carbocycles. The first-order chi connectivity index (χ1) is 5.11. The molecule has 4 nitrogen and oxygen atoms in total. The van der Waals surface area contributed by atoms with Crippen LogP contribution in [0.2, 0.25) is 0 Å². The summed E-state index contributed by atoms with van der Waals surface area (Å²) in [5.74, 6) is -0.540. The van der Waals surface area contributed by atoms with Crippen molar-refractivity contribution in [1.82, 2.24) is 0 Å². The van der Waals surface area contributed by atoms with Crippen LogP contribution < -0.4 is 5.73 Å². The van der Waals surface area contributed by atoms with Gasteiger partial charge in [0, 0.05) is 0 Å². The molecular weight excluding hydrogens is 146 g/mol. The summed E-state index contributed by atoms with van der Waals surface area (Å²) in [6.45, 7) is 3.32. The van der Waals surface area contributed by atoms with Crippen molar-refractivity contribution in [2.24, 2.45) is 5.73 Å². The van der Waals surface area contributed by atoms with Gasteiger partial charge < -0.3 is 15.6 Å². The molecule has 0 radical (unpaired) electrons. The molecule has 0 heterocycles. The van der Waals surface area contributed by atoms with Crippen molar-refractivity contribution in [3.05, 3.63) is 0 Å². The van der Waals surface area contributed by atoms with Gasteiger partial charge in [0.05, 0.1) is 12.7 Å². The number of aliphatic hydroxyl groups excluding tert-OH is 1. The number of rotatable bonds is 4. The third-order valence-electron chi connectivity index (χ3n) is 1.39. The lowest BCUT2D eigenvalue weighted by Gasteiger charge is -2.13. The Hall–Kier alpha value is -0.610. The second-order valence-electron chi connectivity index (χ2n) is 2.44. The van der Waals surface area contributed by atoms with Gasteiger partial charge in [0.2, 0.25) is 0 Å². The van der Waals surface area contributed by atoms with Gasteiger partial charge in [0.1, 0.15) is 6.04 Å². The minimum Gasteiger partial charge on any atom is -0.461 e. The minimum atomic E-state index is -0.899. The number of hydrogen-bond donors (Lipinski definition) is 2. The van der Waals surface area contributed by atoms with Crippen LogP contribution in [0.15, 0.2) is 0 Å². The smallest absolute Gasteiger partial charge is 0.325 e. The average molecular weight is 161 g/mol. The van der Waals surface area contributed by atoms with Gasteiger partial charge in [-0.3, -0.25) is 4.79 Å². The molecule has 0 saturated heterocycles. The number of aliphatic hydroxyl groups is 1. The molecule has 0 rings (SSSR count). The Morgan fingerprint density at radius 1 is 1.73 bits per heavy atom. The molecule has 0 amide bonds. The number of esters is 1. The zero-order valence-electron chi connectivity index (χ0n) is 6.91. The van der Waals surface area contributed by atoms with E-state index in [1.807, 2.05) is 6.92 Å². The van der Waals surface area contributed by atoms with Gasteiger partial charge in [-0.15, -0.1) is 0 Å². The number of ether oxygens (including phenoxy) is 1. The number of nitrogens with two attached hydrogens (primary N) is 1. The topological polar surface area (TPSA) is 72.5 Å². The van der Waals surface area contributed by atoms with Crippen LogP contribution in [-0.4, -0.2) is 29.8 Å². The molecule has 0 bridgehead atoms. The molecule has 4 heteroatoms. The second kappa shape index (κ2) is 5.09. The summed E-state index contributed by atoms with van der Waals surface area (Å²) in [5.41, 5.74) is 5.19. The maximum Gasteiger partial charge on any atom is 0.325 e. The summed E-state index contributed by atoms with van der Waals surface area (Å²) >= 11 is 0. The van der Waals surface area contributed by atoms with Crippen molar-refractivity contribution >= 4 is 5.97 Å². The SMILES string of the molecule is CC[C@H](C)OC(=O)[C@H](N)CO. The van der Waals surface area contributed by atoms with E-state index in [1.54, 1.807) is 6.92 Å². The van der Waals surface area contributed by atoms with Crippen molar-refractivity contribution < 1.29 is 14.6 Å². The van der Waals surface area contributed by atoms with Gasteiger partial charge >= 0.3 is 5.97 Å². The Balaban J connectivity index is 3.68. The third-order valence-corrected chi connectivity index (χ3v) is 1.39. The molecule has 0 aliphatic rings. The highest BCUT2D eigenvalue weighted by Gasteiger charge is 2.15. The van der Waals surface area contributed by atoms with E-state index in [4.69, 9.17) is 15.6 Å². The fourth-order valence-electron chi connectivity index (χ4n) is 0.444. The monoisotopic (exact) mass is 161 g/mol. The summed E-state index contributed by atoms with van der Waals surface area (Å²) in [5, 5.41) is 8.46. The highest BCUT2D eigenvalue weighted by Crippen LogP contribution is 1.97. The predicted octanol–water partition coefficient (Wildman–Crippen LogP) is -0.352. The Morgan fingerprint density at radius 3 is 2.64 bits per heavy atom. The largest absolute Gasteiger partial charge is 0.461 e. The molecule has 0 aliphatic carbocycles. The molecule has 0 aromatic heterocycles. The van der Waals surface area contributed by atoms with E-state index in [0.29, 0.717) is 0 Å². The van der Waals surface area contributed by atoms with Crippen molar-refractivity contribution in [2.75, 3.05) is 6.61 Å². The lowest BCUT2D eigenvalue weighted by molar-refractivity contribution is -0.150. The Kier molecular flexibility index (Phi) is 4.81. The quantitative estimate of drug-likeness (QED) is 0.553. The zero-order valence-corrected chi connectivity index (χ0v) is 6.91. The van der Waals surface area contributed by atoms with E-state index in [0.717, 1.165) is 6.42 Å². The van der Waals surface area contributed by atoms with E-state index in [-0.39, 0.29) is 12.7 Å². The third kappa shape index (κ3) is 3.95. The van der Waals surface area contributed by atoms with E-state index >= 15 is 0 Å². The molecule has 66 valence electrons. The second-order valence-corrected chi connectivity index (χ2v) is 2.44. The lowest BCUT2D eigenvalue weighted by Crippen LogP contribution is -2.37. The predicted molar refractivity (Wildman–Crippen MR) is 40.9 cm³/mol. The van der Waals surface area contributed by atoms with Crippen molar-refractivity contribution in [3.8, 4) is 0 Å². The first-order valence-corrected chi connectivity index (χ1v) is 3.68. The molecular formula is C7H15NO3. The maximum atomic E-state index is 10.8. The van der Waals surface area contributed by atoms with Crippen molar-refractivity contribution in [3.63, 3.8) is 0 Å². The Bertz CT molecular complexity index is 127. The molecule has 11 heavy (non-hydrogen) atoms. The van der Waals surface area contributed by atoms with Crippen LogP contribution >= 0.6 is 0 Å². The molecule has 0 spiro atoms. The normalized spacial score (nSPS) is 15.6. The molecule has 0 saturated carbocycles. The Labute approximate surface area is 66.3 Å². The zero-order chi connectivity index (χ0) is 8.85. The van der Waals surface area contributed by atoms with Crippen LogP contribution in [0.4, 0.5) is 0 Å². The van der Waals surface area contributed by atoms with Crippen LogP contribution in [0, 0.1) is 0 Å². The fraction of sp³-hybridized carbons (Fsp3) is 0.857. The summed E-state index contributed by atoms with van der Waals surface area (Å²) < 4.78 is 4.83. The van der Waals surface area contributed by atoms with Crippen LogP contribution in [0.25, 0.3) is 0 Å². The first kappa shape index (κ1) is 10.4. The number of carbonyl (C=O) groups is 1. The van der Waals surface area contributed by atoms with Gasteiger partial charge in [0.25, 0.3) is 0 Å². The first-order valence-electron chi connectivity index (χ1n) is 3.68. The van der Waals surface area contributed by atoms with E-state index < -0.39 is 12.0 Å². The average Bonchev–Trinajstić information content (AvgIpc) is 2.02. The van der Waals surface area contributed by atoms with Gasteiger partial charge in [-0.05, 0) is 13.3 Å². The van der Waals surface area contributed by atoms with E-state index in [9.17, 15) is 4.79 Å². The molecule has 0 aliphatic heterocycles. The standard InChI is InChI=1S/C7H15NO3/c1-3-5(2)11-7(10)6(8)4-9/h5-6,9H,3-4,8H2,1-2H3/t5-,6+/m0/s1. The van der Waals surface area contributed by atoms with Crippen LogP contribution in [0.3, 0.4) is 0 Å². The molecule has 0 fully saturated rings. The van der Waals surface area contributed by atoms with Crippen LogP contribution in [0.1, 0.15) is 20.3 Å². The molecule has 0 unspecified atom stereocenters. The minimum absolute atomic E-state index is 0.125. The van der Waals surface area contributed by atoms with Gasteiger partial charge in [0.15, 0.2) is 0 Å². The van der Waals surface area contributed by atoms with Gasteiger partial charge in [-0.1, -0.05) is 6.92 Å². The molecule has 2 atom stereocenters. The van der Waals surface area contributed by atoms with Crippen LogP contribution in [-0.2, 0) is 9.53 Å². The highest BCUT2D eigenvalue weighted by molar-refractivity contribution is 5.75. The van der Waals surface area contributed by atoms with Crippen molar-refractivity contribution in [1.29, 1.82) is 0 Å². The number of carbonyl (C=O) groups excluding carboxylic acids is 1. The van der Waals surface area contributed by atoms with E-state index in [1.165, 1.54) is 0 Å². The van der Waals surface area contributed by atoms with Gasteiger partial charge in [-0.2, -0.15) is 0 Å². The van der Waals surface area contributed by atoms with Crippen molar-refractivity contribution in [2.45, 2.75) is 32.4 Å². The lowest BCUT2D eigenvalue weighted by atomic mass is 10.3. The Morgan fingerprint density at radius 2 is 2.27 bits per heavy atom.